The van der Waals surface area contributed by atoms with E-state index >= 15 is 0 Å². The maximum absolute atomic E-state index is 4.39. The van der Waals surface area contributed by atoms with Gasteiger partial charge in [0.25, 0.3) is 0 Å². The van der Waals surface area contributed by atoms with Gasteiger partial charge in [0.1, 0.15) is 0 Å². The summed E-state index contributed by atoms with van der Waals surface area (Å²) < 4.78 is 0. The molecule has 1 aromatic rings. The van der Waals surface area contributed by atoms with Gasteiger partial charge in [-0.1, -0.05) is 6.92 Å². The molecule has 1 unspecified atom stereocenters. The Kier molecular flexibility index (Phi) is 3.84. The van der Waals surface area contributed by atoms with Crippen molar-refractivity contribution in [1.82, 2.24) is 15.0 Å². The van der Waals surface area contributed by atoms with Gasteiger partial charge in [-0.25, -0.2) is 0 Å². The van der Waals surface area contributed by atoms with Crippen molar-refractivity contribution < 1.29 is 0 Å². The first-order valence-electron chi connectivity index (χ1n) is 6.45. The lowest BCUT2D eigenvalue weighted by atomic mass is 10.1. The molecule has 0 spiro atoms. The van der Waals surface area contributed by atoms with Crippen LogP contribution in [0.4, 0.5) is 17.8 Å². The van der Waals surface area contributed by atoms with Gasteiger partial charge in [-0.3, -0.25) is 0 Å². The van der Waals surface area contributed by atoms with Crippen molar-refractivity contribution >= 4 is 17.8 Å². The molecule has 100 valence electrons. The summed E-state index contributed by atoms with van der Waals surface area (Å²) in [6, 6.07) is 0. The molecule has 6 heteroatoms. The number of rotatable bonds is 6. The molecule has 0 aromatic carbocycles. The van der Waals surface area contributed by atoms with Crippen molar-refractivity contribution in [2.75, 3.05) is 43.2 Å². The van der Waals surface area contributed by atoms with E-state index in [1.807, 2.05) is 26.0 Å². The number of aromatic nitrogens is 3. The van der Waals surface area contributed by atoms with Gasteiger partial charge < -0.3 is 15.5 Å². The molecule has 1 heterocycles. The predicted octanol–water partition coefficient (Wildman–Crippen LogP) is 1.44. The minimum absolute atomic E-state index is 0.593. The lowest BCUT2D eigenvalue weighted by Crippen LogP contribution is -2.19. The number of nitrogens with zero attached hydrogens (tertiary/aromatic N) is 4. The molecule has 2 N–H and O–H groups in total. The minimum atomic E-state index is 0.593. The highest BCUT2D eigenvalue weighted by Gasteiger charge is 2.27. The molecule has 18 heavy (non-hydrogen) atoms. The topological polar surface area (TPSA) is 66.0 Å². The van der Waals surface area contributed by atoms with Crippen LogP contribution in [0.25, 0.3) is 0 Å². The highest BCUT2D eigenvalue weighted by Crippen LogP contribution is 2.36. The Labute approximate surface area is 108 Å². The zero-order chi connectivity index (χ0) is 13.1. The van der Waals surface area contributed by atoms with E-state index in [4.69, 9.17) is 0 Å². The SMILES string of the molecule is CNc1nc(NCC(C)C2CC2)nc(N(C)C)n1. The zero-order valence-corrected chi connectivity index (χ0v) is 11.6. The fourth-order valence-electron chi connectivity index (χ4n) is 1.84. The molecule has 1 aromatic heterocycles. The van der Waals surface area contributed by atoms with Crippen LogP contribution in [-0.2, 0) is 0 Å². The van der Waals surface area contributed by atoms with Crippen LogP contribution in [0.1, 0.15) is 19.8 Å². The number of hydrogen-bond donors (Lipinski definition) is 2. The minimum Gasteiger partial charge on any atom is -0.357 e. The summed E-state index contributed by atoms with van der Waals surface area (Å²) in [7, 11) is 5.65. The Morgan fingerprint density at radius 1 is 1.22 bits per heavy atom. The van der Waals surface area contributed by atoms with Gasteiger partial charge in [-0.05, 0) is 24.7 Å². The summed E-state index contributed by atoms with van der Waals surface area (Å²) in [5, 5.41) is 6.26. The first kappa shape index (κ1) is 12.9. The zero-order valence-electron chi connectivity index (χ0n) is 11.6. The Balaban J connectivity index is 2.03. The summed E-state index contributed by atoms with van der Waals surface area (Å²) in [6.45, 7) is 3.20. The van der Waals surface area contributed by atoms with E-state index < -0.39 is 0 Å². The molecule has 0 aliphatic heterocycles. The third-order valence-corrected chi connectivity index (χ3v) is 3.26. The van der Waals surface area contributed by atoms with Gasteiger partial charge in [0, 0.05) is 27.7 Å². The molecule has 1 saturated carbocycles. The second-order valence-corrected chi connectivity index (χ2v) is 5.12. The lowest BCUT2D eigenvalue weighted by Gasteiger charge is -2.15. The molecule has 1 atom stereocenters. The van der Waals surface area contributed by atoms with E-state index in [0.717, 1.165) is 12.5 Å². The van der Waals surface area contributed by atoms with Crippen LogP contribution < -0.4 is 15.5 Å². The summed E-state index contributed by atoms with van der Waals surface area (Å²) in [5.41, 5.74) is 0. The number of hydrogen-bond acceptors (Lipinski definition) is 6. The van der Waals surface area contributed by atoms with E-state index in [1.54, 1.807) is 0 Å². The van der Waals surface area contributed by atoms with Gasteiger partial charge in [-0.15, -0.1) is 0 Å². The van der Waals surface area contributed by atoms with Crippen LogP contribution in [0.2, 0.25) is 0 Å². The Morgan fingerprint density at radius 2 is 1.89 bits per heavy atom. The van der Waals surface area contributed by atoms with Crippen molar-refractivity contribution in [3.05, 3.63) is 0 Å². The summed E-state index contributed by atoms with van der Waals surface area (Å²) >= 11 is 0. The third kappa shape index (κ3) is 3.21. The standard InChI is InChI=1S/C12H22N6/c1-8(9-5-6-9)7-14-11-15-10(13-2)16-12(17-11)18(3)4/h8-9H,5-7H2,1-4H3,(H2,13,14,15,16,17). The maximum Gasteiger partial charge on any atom is 0.231 e. The fraction of sp³-hybridized carbons (Fsp3) is 0.750. The smallest absolute Gasteiger partial charge is 0.231 e. The highest BCUT2D eigenvalue weighted by molar-refractivity contribution is 5.42. The number of nitrogens with one attached hydrogen (secondary N) is 2. The average molecular weight is 250 g/mol. The molecule has 0 amide bonds. The normalized spacial score (nSPS) is 16.2. The van der Waals surface area contributed by atoms with Crippen molar-refractivity contribution in [3.8, 4) is 0 Å². The van der Waals surface area contributed by atoms with E-state index in [0.29, 0.717) is 23.8 Å². The quantitative estimate of drug-likeness (QED) is 0.796. The van der Waals surface area contributed by atoms with Crippen LogP contribution in [-0.4, -0.2) is 42.6 Å². The van der Waals surface area contributed by atoms with Crippen LogP contribution in [0, 0.1) is 11.8 Å². The van der Waals surface area contributed by atoms with Gasteiger partial charge in [0.05, 0.1) is 0 Å². The van der Waals surface area contributed by atoms with E-state index in [-0.39, 0.29) is 0 Å². The molecule has 1 aliphatic rings. The van der Waals surface area contributed by atoms with Crippen LogP contribution >= 0.6 is 0 Å². The van der Waals surface area contributed by atoms with Crippen LogP contribution in [0.3, 0.4) is 0 Å². The highest BCUT2D eigenvalue weighted by atomic mass is 15.3. The first-order valence-corrected chi connectivity index (χ1v) is 6.45. The van der Waals surface area contributed by atoms with E-state index in [2.05, 4.69) is 32.5 Å². The maximum atomic E-state index is 4.39. The molecule has 0 saturated heterocycles. The monoisotopic (exact) mass is 250 g/mol. The molecule has 2 rings (SSSR count). The predicted molar refractivity (Wildman–Crippen MR) is 74.1 cm³/mol. The van der Waals surface area contributed by atoms with Crippen LogP contribution in [0.15, 0.2) is 0 Å². The van der Waals surface area contributed by atoms with Crippen molar-refractivity contribution in [3.63, 3.8) is 0 Å². The van der Waals surface area contributed by atoms with Gasteiger partial charge >= 0.3 is 0 Å². The van der Waals surface area contributed by atoms with E-state index in [1.165, 1.54) is 12.8 Å². The molecular weight excluding hydrogens is 228 g/mol. The molecule has 0 bridgehead atoms. The molecule has 1 fully saturated rings. The molecular formula is C12H22N6. The summed E-state index contributed by atoms with van der Waals surface area (Å²) in [4.78, 5) is 14.9. The van der Waals surface area contributed by atoms with Gasteiger partial charge in [-0.2, -0.15) is 15.0 Å². The molecule has 0 radical (unpaired) electrons. The Bertz CT molecular complexity index is 402. The van der Waals surface area contributed by atoms with Crippen molar-refractivity contribution in [1.29, 1.82) is 0 Å². The Hall–Kier alpha value is -1.59. The first-order chi connectivity index (χ1) is 8.60. The van der Waals surface area contributed by atoms with Crippen LogP contribution in [0.5, 0.6) is 0 Å². The fourth-order valence-corrected chi connectivity index (χ4v) is 1.84. The van der Waals surface area contributed by atoms with E-state index in [9.17, 15) is 0 Å². The largest absolute Gasteiger partial charge is 0.357 e. The van der Waals surface area contributed by atoms with Gasteiger partial charge in [0.15, 0.2) is 0 Å². The van der Waals surface area contributed by atoms with Gasteiger partial charge in [0.2, 0.25) is 17.8 Å². The number of anilines is 3. The second kappa shape index (κ2) is 5.37. The molecule has 1 aliphatic carbocycles. The summed E-state index contributed by atoms with van der Waals surface area (Å²) in [5.74, 6) is 3.47. The Morgan fingerprint density at radius 3 is 2.44 bits per heavy atom. The lowest BCUT2D eigenvalue weighted by molar-refractivity contribution is 0.535. The second-order valence-electron chi connectivity index (χ2n) is 5.12. The average Bonchev–Trinajstić information content (AvgIpc) is 3.19. The van der Waals surface area contributed by atoms with Crippen molar-refractivity contribution in [2.24, 2.45) is 11.8 Å². The van der Waals surface area contributed by atoms with Crippen molar-refractivity contribution in [2.45, 2.75) is 19.8 Å². The molecule has 6 nitrogen and oxygen atoms in total. The third-order valence-electron chi connectivity index (χ3n) is 3.26. The summed E-state index contributed by atoms with van der Waals surface area (Å²) in [6.07, 6.45) is 2.73.